The van der Waals surface area contributed by atoms with Gasteiger partial charge >= 0.3 is 0 Å². The monoisotopic (exact) mass is 586 g/mol. The van der Waals surface area contributed by atoms with E-state index in [1.165, 1.54) is 29.2 Å². The second-order valence-electron chi connectivity index (χ2n) is 12.6. The minimum atomic E-state index is -4.04. The predicted octanol–water partition coefficient (Wildman–Crippen LogP) is 5.07. The molecule has 0 bridgehead atoms. The van der Waals surface area contributed by atoms with E-state index < -0.39 is 27.8 Å². The molecule has 2 atom stereocenters. The highest BCUT2D eigenvalue weighted by atomic mass is 32.2. The third-order valence-electron chi connectivity index (χ3n) is 6.89. The molecule has 0 heterocycles. The van der Waals surface area contributed by atoms with Crippen molar-refractivity contribution in [3.63, 3.8) is 0 Å². The first kappa shape index (κ1) is 34.2. The molecule has 1 amide bonds. The van der Waals surface area contributed by atoms with Gasteiger partial charge in [-0.05, 0) is 67.3 Å². The number of rotatable bonds is 15. The second-order valence-corrected chi connectivity index (χ2v) is 14.4. The largest absolute Gasteiger partial charge is 0.508 e. The van der Waals surface area contributed by atoms with Crippen molar-refractivity contribution in [2.75, 3.05) is 13.6 Å². The molecule has 2 aromatic carbocycles. The zero-order valence-corrected chi connectivity index (χ0v) is 26.3. The molecule has 0 unspecified atom stereocenters. The molecule has 2 aromatic rings. The molecule has 0 aliphatic heterocycles. The van der Waals surface area contributed by atoms with Gasteiger partial charge in [-0.1, -0.05) is 64.4 Å². The highest BCUT2D eigenvalue weighted by Gasteiger charge is 2.32. The van der Waals surface area contributed by atoms with E-state index in [2.05, 4.69) is 25.5 Å². The lowest BCUT2D eigenvalue weighted by atomic mass is 9.88. The maximum Gasteiger partial charge on any atom is 0.241 e. The number of ketones is 2. The lowest BCUT2D eigenvalue weighted by molar-refractivity contribution is -0.140. The van der Waals surface area contributed by atoms with Gasteiger partial charge in [-0.2, -0.15) is 0 Å². The lowest BCUT2D eigenvalue weighted by Crippen LogP contribution is -2.45. The van der Waals surface area contributed by atoms with Gasteiger partial charge in [-0.3, -0.25) is 14.4 Å². The first-order valence-corrected chi connectivity index (χ1v) is 15.6. The Morgan fingerprint density at radius 1 is 0.976 bits per heavy atom. The summed E-state index contributed by atoms with van der Waals surface area (Å²) in [4.78, 5) is 41.2. The Morgan fingerprint density at radius 3 is 2.10 bits per heavy atom. The van der Waals surface area contributed by atoms with Gasteiger partial charge in [-0.15, -0.1) is 0 Å². The summed E-state index contributed by atoms with van der Waals surface area (Å²) >= 11 is 0. The molecule has 0 aliphatic rings. The Hall–Kier alpha value is -3.04. The molecule has 0 radical (unpaired) electrons. The normalized spacial score (nSPS) is 13.6. The molecule has 9 heteroatoms. The van der Waals surface area contributed by atoms with Crippen molar-refractivity contribution in [2.24, 2.45) is 17.3 Å². The van der Waals surface area contributed by atoms with E-state index >= 15 is 0 Å². The van der Waals surface area contributed by atoms with Gasteiger partial charge in [0.05, 0.1) is 17.5 Å². The molecule has 8 nitrogen and oxygen atoms in total. The molecule has 0 spiro atoms. The number of benzene rings is 2. The van der Waals surface area contributed by atoms with E-state index in [0.29, 0.717) is 24.8 Å². The van der Waals surface area contributed by atoms with Crippen LogP contribution in [-0.4, -0.2) is 55.5 Å². The van der Waals surface area contributed by atoms with Gasteiger partial charge in [0.1, 0.15) is 5.75 Å². The fraction of sp³-hybridized carbons (Fsp3) is 0.531. The number of phenolic OH excluding ortho intramolecular Hbond substituents is 1. The molecular weight excluding hydrogens is 540 g/mol. The molecule has 2 rings (SSSR count). The molecule has 0 saturated heterocycles. The first-order chi connectivity index (χ1) is 19.0. The number of nitrogens with zero attached hydrogens (tertiary/aromatic N) is 1. The van der Waals surface area contributed by atoms with Crippen molar-refractivity contribution in [1.29, 1.82) is 0 Å². The summed E-state index contributed by atoms with van der Waals surface area (Å²) in [6, 6.07) is 11.4. The first-order valence-electron chi connectivity index (χ1n) is 14.1. The van der Waals surface area contributed by atoms with E-state index in [-0.39, 0.29) is 53.1 Å². The van der Waals surface area contributed by atoms with E-state index in [9.17, 15) is 27.9 Å². The summed E-state index contributed by atoms with van der Waals surface area (Å²) in [5.74, 6) is -1.31. The lowest BCUT2D eigenvalue weighted by Gasteiger charge is -2.26. The average Bonchev–Trinajstić information content (AvgIpc) is 2.87. The van der Waals surface area contributed by atoms with Gasteiger partial charge < -0.3 is 10.0 Å². The van der Waals surface area contributed by atoms with E-state index in [1.807, 2.05) is 20.8 Å². The number of aromatic hydroxyl groups is 1. The standard InChI is InChI=1S/C32H46N2O6S/c1-22(2)18-25(31(38)34(7)21-27(36)16-17-32(4,5)6)20-30(37)29(19-24-10-12-26(35)13-11-24)33-41(39,40)28-14-8-23(3)9-15-28/h8-15,22,25,29,33,35H,16-21H2,1-7H3/t25-,29-/m0/s1. The third-order valence-corrected chi connectivity index (χ3v) is 8.38. The third kappa shape index (κ3) is 11.8. The molecule has 0 aromatic heterocycles. The number of likely N-dealkylation sites (N-methyl/N-ethyl adjacent to an activating group) is 1. The highest BCUT2D eigenvalue weighted by molar-refractivity contribution is 7.89. The fourth-order valence-electron chi connectivity index (χ4n) is 4.53. The summed E-state index contributed by atoms with van der Waals surface area (Å²) < 4.78 is 29.1. The number of nitrogens with one attached hydrogen (secondary N) is 1. The van der Waals surface area contributed by atoms with Crippen molar-refractivity contribution < 1.29 is 27.9 Å². The van der Waals surface area contributed by atoms with Crippen molar-refractivity contribution in [3.05, 3.63) is 59.7 Å². The summed E-state index contributed by atoms with van der Waals surface area (Å²) in [5.41, 5.74) is 1.56. The second kappa shape index (κ2) is 14.7. The molecule has 41 heavy (non-hydrogen) atoms. The van der Waals surface area contributed by atoms with Crippen LogP contribution in [0.4, 0.5) is 0 Å². The van der Waals surface area contributed by atoms with Gasteiger partial charge in [0.25, 0.3) is 0 Å². The van der Waals surface area contributed by atoms with Crippen LogP contribution in [-0.2, 0) is 30.8 Å². The molecule has 226 valence electrons. The van der Waals surface area contributed by atoms with Crippen LogP contribution in [0.2, 0.25) is 0 Å². The highest BCUT2D eigenvalue weighted by Crippen LogP contribution is 2.23. The van der Waals surface area contributed by atoms with Gasteiger partial charge in [0.15, 0.2) is 11.6 Å². The molecule has 2 N–H and O–H groups in total. The van der Waals surface area contributed by atoms with Gasteiger partial charge in [-0.25, -0.2) is 13.1 Å². The van der Waals surface area contributed by atoms with Crippen LogP contribution in [0.25, 0.3) is 0 Å². The van der Waals surface area contributed by atoms with Crippen molar-refractivity contribution in [2.45, 2.75) is 84.6 Å². The number of hydrogen-bond donors (Lipinski definition) is 2. The van der Waals surface area contributed by atoms with Gasteiger partial charge in [0, 0.05) is 25.8 Å². The van der Waals surface area contributed by atoms with Crippen molar-refractivity contribution in [1.82, 2.24) is 9.62 Å². The van der Waals surface area contributed by atoms with Crippen LogP contribution >= 0.6 is 0 Å². The summed E-state index contributed by atoms with van der Waals surface area (Å²) in [7, 11) is -2.47. The number of aryl methyl sites for hydroxylation is 1. The van der Waals surface area contributed by atoms with E-state index in [1.54, 1.807) is 31.3 Å². The quantitative estimate of drug-likeness (QED) is 0.301. The fourth-order valence-corrected chi connectivity index (χ4v) is 5.75. The van der Waals surface area contributed by atoms with Crippen molar-refractivity contribution in [3.8, 4) is 5.75 Å². The number of hydrogen-bond acceptors (Lipinski definition) is 6. The zero-order chi connectivity index (χ0) is 31.0. The van der Waals surface area contributed by atoms with Crippen LogP contribution in [0.5, 0.6) is 5.75 Å². The number of phenols is 1. The van der Waals surface area contributed by atoms with Crippen LogP contribution in [0, 0.1) is 24.2 Å². The Balaban J connectivity index is 2.28. The van der Waals surface area contributed by atoms with Crippen LogP contribution in [0.15, 0.2) is 53.4 Å². The SMILES string of the molecule is Cc1ccc(S(=O)(=O)N[C@@H](Cc2ccc(O)cc2)C(=O)C[C@H](CC(C)C)C(=O)N(C)CC(=O)CCC(C)(C)C)cc1. The van der Waals surface area contributed by atoms with Crippen LogP contribution in [0.3, 0.4) is 0 Å². The Labute approximate surface area is 245 Å². The predicted molar refractivity (Wildman–Crippen MR) is 161 cm³/mol. The molecule has 0 fully saturated rings. The molecule has 0 saturated carbocycles. The minimum absolute atomic E-state index is 0.00324. The molecular formula is C32H46N2O6S. The minimum Gasteiger partial charge on any atom is -0.508 e. The van der Waals surface area contributed by atoms with E-state index in [4.69, 9.17) is 0 Å². The Kier molecular flexibility index (Phi) is 12.3. The summed E-state index contributed by atoms with van der Waals surface area (Å²) in [6.07, 6.45) is 1.37. The topological polar surface area (TPSA) is 121 Å². The summed E-state index contributed by atoms with van der Waals surface area (Å²) in [6.45, 7) is 11.9. The maximum absolute atomic E-state index is 13.7. The maximum atomic E-state index is 13.7. The van der Waals surface area contributed by atoms with Crippen LogP contribution < -0.4 is 4.72 Å². The number of carbonyl (C=O) groups is 3. The van der Waals surface area contributed by atoms with E-state index in [0.717, 1.165) is 5.56 Å². The number of carbonyl (C=O) groups excluding carboxylic acids is 3. The average molecular weight is 587 g/mol. The molecule has 0 aliphatic carbocycles. The van der Waals surface area contributed by atoms with Crippen LogP contribution in [0.1, 0.15) is 71.4 Å². The number of sulfonamides is 1. The Bertz CT molecular complexity index is 1280. The Morgan fingerprint density at radius 2 is 1.56 bits per heavy atom. The van der Waals surface area contributed by atoms with Gasteiger partial charge in [0.2, 0.25) is 15.9 Å². The van der Waals surface area contributed by atoms with Crippen molar-refractivity contribution >= 4 is 27.5 Å². The number of amides is 1. The zero-order valence-electron chi connectivity index (χ0n) is 25.4. The number of Topliss-reactive ketones (excluding diaryl/α,β-unsaturated/α-hetero) is 2. The smallest absolute Gasteiger partial charge is 0.241 e. The summed E-state index contributed by atoms with van der Waals surface area (Å²) in [5, 5.41) is 9.66.